The van der Waals surface area contributed by atoms with Crippen molar-refractivity contribution in [2.45, 2.75) is 19.3 Å². The molecule has 0 amide bonds. The van der Waals surface area contributed by atoms with Crippen molar-refractivity contribution in [2.24, 2.45) is 0 Å². The summed E-state index contributed by atoms with van der Waals surface area (Å²) in [5, 5.41) is 9.14. The Morgan fingerprint density at radius 1 is 1.14 bits per heavy atom. The third-order valence-electron chi connectivity index (χ3n) is 2.47. The standard InChI is InChI=1S/C13H14O/c14-13-8-6-12(7-9-13)10-11-4-2-1-3-5-11/h1-2,4,6-9,14H,3,5,10H2. The molecule has 1 aromatic rings. The summed E-state index contributed by atoms with van der Waals surface area (Å²) >= 11 is 0. The third-order valence-corrected chi connectivity index (χ3v) is 2.47. The lowest BCUT2D eigenvalue weighted by Crippen LogP contribution is -1.92. The maximum Gasteiger partial charge on any atom is 0.115 e. The number of benzene rings is 1. The van der Waals surface area contributed by atoms with Crippen LogP contribution in [0.4, 0.5) is 0 Å². The zero-order chi connectivity index (χ0) is 9.80. The molecule has 1 aliphatic rings. The maximum atomic E-state index is 9.14. The molecule has 0 radical (unpaired) electrons. The Hall–Kier alpha value is -1.50. The van der Waals surface area contributed by atoms with E-state index in [9.17, 15) is 0 Å². The highest BCUT2D eigenvalue weighted by atomic mass is 16.3. The van der Waals surface area contributed by atoms with Crippen molar-refractivity contribution >= 4 is 0 Å². The Morgan fingerprint density at radius 3 is 2.57 bits per heavy atom. The second-order valence-corrected chi connectivity index (χ2v) is 3.63. The maximum absolute atomic E-state index is 9.14. The minimum Gasteiger partial charge on any atom is -0.508 e. The van der Waals surface area contributed by atoms with Gasteiger partial charge in [0.1, 0.15) is 5.75 Å². The van der Waals surface area contributed by atoms with Crippen LogP contribution in [0.3, 0.4) is 0 Å². The van der Waals surface area contributed by atoms with Gasteiger partial charge in [-0.3, -0.25) is 0 Å². The number of phenols is 1. The molecule has 2 rings (SSSR count). The number of aromatic hydroxyl groups is 1. The van der Waals surface area contributed by atoms with Crippen molar-refractivity contribution in [2.75, 3.05) is 0 Å². The zero-order valence-electron chi connectivity index (χ0n) is 8.11. The van der Waals surface area contributed by atoms with E-state index in [4.69, 9.17) is 5.11 Å². The number of hydrogen-bond acceptors (Lipinski definition) is 1. The number of phenolic OH excluding ortho intramolecular Hbond substituents is 1. The topological polar surface area (TPSA) is 20.2 Å². The first-order valence-corrected chi connectivity index (χ1v) is 4.97. The lowest BCUT2D eigenvalue weighted by atomic mass is 9.98. The van der Waals surface area contributed by atoms with Crippen molar-refractivity contribution < 1.29 is 5.11 Å². The SMILES string of the molecule is Oc1ccc(CC2=CC=CCC2)cc1. The number of allylic oxidation sites excluding steroid dienone is 4. The van der Waals surface area contributed by atoms with Gasteiger partial charge >= 0.3 is 0 Å². The molecule has 0 saturated heterocycles. The van der Waals surface area contributed by atoms with Crippen molar-refractivity contribution in [1.29, 1.82) is 0 Å². The van der Waals surface area contributed by atoms with Crippen LogP contribution >= 0.6 is 0 Å². The van der Waals surface area contributed by atoms with Crippen LogP contribution < -0.4 is 0 Å². The van der Waals surface area contributed by atoms with Gasteiger partial charge in [-0.25, -0.2) is 0 Å². The highest BCUT2D eigenvalue weighted by molar-refractivity contribution is 5.30. The van der Waals surface area contributed by atoms with E-state index < -0.39 is 0 Å². The number of hydrogen-bond donors (Lipinski definition) is 1. The largest absolute Gasteiger partial charge is 0.508 e. The normalized spacial score (nSPS) is 15.3. The molecule has 0 heterocycles. The van der Waals surface area contributed by atoms with E-state index in [-0.39, 0.29) is 0 Å². The van der Waals surface area contributed by atoms with Crippen LogP contribution in [-0.4, -0.2) is 5.11 Å². The highest BCUT2D eigenvalue weighted by Gasteiger charge is 2.01. The van der Waals surface area contributed by atoms with Gasteiger partial charge in [0, 0.05) is 0 Å². The summed E-state index contributed by atoms with van der Waals surface area (Å²) in [4.78, 5) is 0. The van der Waals surface area contributed by atoms with Gasteiger partial charge in [-0.05, 0) is 37.0 Å². The van der Waals surface area contributed by atoms with Crippen molar-refractivity contribution in [1.82, 2.24) is 0 Å². The quantitative estimate of drug-likeness (QED) is 0.752. The van der Waals surface area contributed by atoms with Crippen LogP contribution in [0.15, 0.2) is 48.1 Å². The second-order valence-electron chi connectivity index (χ2n) is 3.63. The van der Waals surface area contributed by atoms with E-state index in [1.54, 1.807) is 12.1 Å². The minimum atomic E-state index is 0.339. The van der Waals surface area contributed by atoms with Gasteiger partial charge in [0.2, 0.25) is 0 Å². The predicted octanol–water partition coefficient (Wildman–Crippen LogP) is 3.21. The molecule has 1 aliphatic carbocycles. The molecule has 1 heteroatoms. The van der Waals surface area contributed by atoms with Crippen molar-refractivity contribution in [3.63, 3.8) is 0 Å². The minimum absolute atomic E-state index is 0.339. The molecular weight excluding hydrogens is 172 g/mol. The van der Waals surface area contributed by atoms with Crippen LogP contribution in [0, 0.1) is 0 Å². The summed E-state index contributed by atoms with van der Waals surface area (Å²) in [6.07, 6.45) is 9.84. The van der Waals surface area contributed by atoms with Gasteiger partial charge < -0.3 is 5.11 Å². The summed E-state index contributed by atoms with van der Waals surface area (Å²) in [5.41, 5.74) is 2.74. The zero-order valence-corrected chi connectivity index (χ0v) is 8.11. The van der Waals surface area contributed by atoms with E-state index in [1.807, 2.05) is 12.1 Å². The Bertz CT molecular complexity index is 357. The first-order valence-electron chi connectivity index (χ1n) is 4.97. The first-order chi connectivity index (χ1) is 6.84. The molecule has 0 atom stereocenters. The number of rotatable bonds is 2. The molecule has 0 aliphatic heterocycles. The predicted molar refractivity (Wildman–Crippen MR) is 58.3 cm³/mol. The molecule has 0 bridgehead atoms. The molecule has 0 unspecified atom stereocenters. The summed E-state index contributed by atoms with van der Waals surface area (Å²) in [5.74, 6) is 0.339. The second kappa shape index (κ2) is 4.14. The van der Waals surface area contributed by atoms with E-state index in [0.29, 0.717) is 5.75 Å². The Labute approximate surface area is 84.4 Å². The molecule has 72 valence electrons. The van der Waals surface area contributed by atoms with E-state index in [0.717, 1.165) is 19.3 Å². The lowest BCUT2D eigenvalue weighted by molar-refractivity contribution is 0.475. The Kier molecular flexibility index (Phi) is 2.68. The Morgan fingerprint density at radius 2 is 1.93 bits per heavy atom. The van der Waals surface area contributed by atoms with Crippen molar-refractivity contribution in [3.05, 3.63) is 53.6 Å². The molecule has 0 fully saturated rings. The van der Waals surface area contributed by atoms with E-state index >= 15 is 0 Å². The van der Waals surface area contributed by atoms with Crippen LogP contribution in [0.2, 0.25) is 0 Å². The van der Waals surface area contributed by atoms with Crippen LogP contribution in [0.1, 0.15) is 18.4 Å². The van der Waals surface area contributed by atoms with Gasteiger partial charge in [0.25, 0.3) is 0 Å². The van der Waals surface area contributed by atoms with Gasteiger partial charge in [0.15, 0.2) is 0 Å². The molecular formula is C13H14O. The third kappa shape index (κ3) is 2.25. The van der Waals surface area contributed by atoms with Gasteiger partial charge in [0.05, 0.1) is 0 Å². The van der Waals surface area contributed by atoms with Crippen LogP contribution in [-0.2, 0) is 6.42 Å². The molecule has 0 saturated carbocycles. The Balaban J connectivity index is 2.07. The molecule has 1 N–H and O–H groups in total. The van der Waals surface area contributed by atoms with E-state index in [1.165, 1.54) is 11.1 Å². The highest BCUT2D eigenvalue weighted by Crippen LogP contribution is 2.18. The average molecular weight is 186 g/mol. The van der Waals surface area contributed by atoms with E-state index in [2.05, 4.69) is 18.2 Å². The van der Waals surface area contributed by atoms with Crippen LogP contribution in [0.5, 0.6) is 5.75 Å². The molecule has 0 aromatic heterocycles. The molecule has 1 nitrogen and oxygen atoms in total. The fourth-order valence-corrected chi connectivity index (χ4v) is 1.68. The molecule has 0 spiro atoms. The smallest absolute Gasteiger partial charge is 0.115 e. The molecule has 1 aromatic carbocycles. The summed E-state index contributed by atoms with van der Waals surface area (Å²) in [6.45, 7) is 0. The van der Waals surface area contributed by atoms with Gasteiger partial charge in [-0.1, -0.05) is 35.9 Å². The van der Waals surface area contributed by atoms with Gasteiger partial charge in [-0.15, -0.1) is 0 Å². The van der Waals surface area contributed by atoms with Crippen molar-refractivity contribution in [3.8, 4) is 5.75 Å². The summed E-state index contributed by atoms with van der Waals surface area (Å²) < 4.78 is 0. The van der Waals surface area contributed by atoms with Gasteiger partial charge in [-0.2, -0.15) is 0 Å². The average Bonchev–Trinajstić information content (AvgIpc) is 2.23. The summed E-state index contributed by atoms with van der Waals surface area (Å²) in [6, 6.07) is 7.45. The summed E-state index contributed by atoms with van der Waals surface area (Å²) in [7, 11) is 0. The fraction of sp³-hybridized carbons (Fsp3) is 0.231. The van der Waals surface area contributed by atoms with Crippen LogP contribution in [0.25, 0.3) is 0 Å². The fourth-order valence-electron chi connectivity index (χ4n) is 1.68. The monoisotopic (exact) mass is 186 g/mol. The lowest BCUT2D eigenvalue weighted by Gasteiger charge is -2.08. The first kappa shape index (κ1) is 9.07. The molecule has 14 heavy (non-hydrogen) atoms.